The van der Waals surface area contributed by atoms with Crippen LogP contribution in [0.5, 0.6) is 11.5 Å². The third-order valence-electron chi connectivity index (χ3n) is 4.57. The average molecular weight is 457 g/mol. The van der Waals surface area contributed by atoms with Gasteiger partial charge in [-0.15, -0.1) is 0 Å². The van der Waals surface area contributed by atoms with Crippen molar-refractivity contribution in [1.29, 1.82) is 0 Å². The van der Waals surface area contributed by atoms with Crippen molar-refractivity contribution in [3.63, 3.8) is 0 Å². The summed E-state index contributed by atoms with van der Waals surface area (Å²) in [5.74, 6) is 6.14. The maximum absolute atomic E-state index is 14.6. The maximum Gasteiger partial charge on any atom is 0.246 e. The zero-order valence-corrected chi connectivity index (χ0v) is 18.2. The van der Waals surface area contributed by atoms with Gasteiger partial charge in [0.1, 0.15) is 24.5 Å². The van der Waals surface area contributed by atoms with Crippen LogP contribution in [0.1, 0.15) is 5.56 Å². The highest BCUT2D eigenvalue weighted by Gasteiger charge is 2.09. The van der Waals surface area contributed by atoms with E-state index in [4.69, 9.17) is 9.47 Å². The molecule has 8 nitrogen and oxygen atoms in total. The Morgan fingerprint density at radius 3 is 2.85 bits per heavy atom. The first-order valence-corrected chi connectivity index (χ1v) is 10.3. The molecule has 2 heterocycles. The molecule has 0 aliphatic carbocycles. The van der Waals surface area contributed by atoms with E-state index in [2.05, 4.69) is 37.4 Å². The Hall–Kier alpha value is -4.55. The van der Waals surface area contributed by atoms with Gasteiger partial charge in [-0.2, -0.15) is 0 Å². The number of carbonyl (C=O) groups excluding carboxylic acids is 1. The van der Waals surface area contributed by atoms with Crippen molar-refractivity contribution >= 4 is 28.3 Å². The molecule has 2 aromatic heterocycles. The van der Waals surface area contributed by atoms with Crippen molar-refractivity contribution in [2.75, 3.05) is 25.6 Å². The van der Waals surface area contributed by atoms with Gasteiger partial charge >= 0.3 is 0 Å². The molecule has 0 atom stereocenters. The van der Waals surface area contributed by atoms with Crippen LogP contribution in [0.25, 0.3) is 10.9 Å². The quantitative estimate of drug-likeness (QED) is 0.407. The summed E-state index contributed by atoms with van der Waals surface area (Å²) in [5, 5.41) is 6.48. The van der Waals surface area contributed by atoms with Crippen LogP contribution in [0, 0.1) is 17.7 Å². The molecule has 0 fully saturated rings. The lowest BCUT2D eigenvalue weighted by Gasteiger charge is -2.11. The van der Waals surface area contributed by atoms with Gasteiger partial charge in [-0.3, -0.25) is 9.78 Å². The monoisotopic (exact) mass is 457 g/mol. The predicted octanol–water partition coefficient (Wildman–Crippen LogP) is 3.81. The van der Waals surface area contributed by atoms with Crippen molar-refractivity contribution in [2.45, 2.75) is 0 Å². The van der Waals surface area contributed by atoms with Crippen LogP contribution in [0.2, 0.25) is 0 Å². The number of rotatable bonds is 7. The third-order valence-corrected chi connectivity index (χ3v) is 4.57. The van der Waals surface area contributed by atoms with Crippen LogP contribution in [0.3, 0.4) is 0 Å². The molecular formula is C25H20FN5O3. The summed E-state index contributed by atoms with van der Waals surface area (Å²) in [5.41, 5.74) is 1.92. The molecule has 9 heteroatoms. The second-order valence-corrected chi connectivity index (χ2v) is 7.03. The summed E-state index contributed by atoms with van der Waals surface area (Å²) in [6.45, 7) is 0.185. The van der Waals surface area contributed by atoms with Gasteiger partial charge in [0.2, 0.25) is 5.91 Å². The number of hydrogen-bond donors (Lipinski definition) is 2. The molecule has 0 saturated carbocycles. The fourth-order valence-electron chi connectivity index (χ4n) is 3.04. The average Bonchev–Trinajstić information content (AvgIpc) is 2.85. The van der Waals surface area contributed by atoms with Gasteiger partial charge in [0.15, 0.2) is 11.6 Å². The molecule has 170 valence electrons. The number of aromatic nitrogens is 3. The summed E-state index contributed by atoms with van der Waals surface area (Å²) in [4.78, 5) is 23.9. The lowest BCUT2D eigenvalue weighted by molar-refractivity contribution is -0.124. The van der Waals surface area contributed by atoms with E-state index < -0.39 is 5.82 Å². The van der Waals surface area contributed by atoms with Gasteiger partial charge in [-0.25, -0.2) is 14.4 Å². The van der Waals surface area contributed by atoms with Gasteiger partial charge in [0, 0.05) is 36.0 Å². The molecule has 0 bridgehead atoms. The fourth-order valence-corrected chi connectivity index (χ4v) is 3.04. The normalized spacial score (nSPS) is 10.3. The highest BCUT2D eigenvalue weighted by molar-refractivity contribution is 5.91. The molecule has 4 aromatic rings. The molecular weight excluding hydrogens is 437 g/mol. The largest absolute Gasteiger partial charge is 0.453 e. The van der Waals surface area contributed by atoms with E-state index in [9.17, 15) is 9.18 Å². The topological polar surface area (TPSA) is 98.3 Å². The van der Waals surface area contributed by atoms with Gasteiger partial charge < -0.3 is 20.1 Å². The van der Waals surface area contributed by atoms with Crippen molar-refractivity contribution < 1.29 is 18.7 Å². The number of methoxy groups -OCH3 is 1. The van der Waals surface area contributed by atoms with Gasteiger partial charge in [0.25, 0.3) is 0 Å². The molecule has 2 aromatic carbocycles. The summed E-state index contributed by atoms with van der Waals surface area (Å²) in [6, 6.07) is 13.4. The number of amides is 1. The van der Waals surface area contributed by atoms with Crippen molar-refractivity contribution in [2.24, 2.45) is 0 Å². The van der Waals surface area contributed by atoms with Crippen LogP contribution in [0.15, 0.2) is 67.3 Å². The standard InChI is InChI=1S/C25H20FN5O3/c1-33-15-24(32)28-11-2-4-17-6-8-22-20(12-17)25(30-16-29-22)31-18-7-9-23(21(26)13-18)34-19-5-3-10-27-14-19/h3,5-10,12-14,16H,11,15H2,1H3,(H,28,32)(H,29,30,31). The summed E-state index contributed by atoms with van der Waals surface area (Å²) in [6.07, 6.45) is 4.55. The molecule has 0 aliphatic heterocycles. The van der Waals surface area contributed by atoms with Crippen molar-refractivity contribution in [3.8, 4) is 23.3 Å². The van der Waals surface area contributed by atoms with Gasteiger partial charge in [-0.1, -0.05) is 11.8 Å². The molecule has 0 saturated heterocycles. The van der Waals surface area contributed by atoms with E-state index in [1.165, 1.54) is 31.8 Å². The zero-order valence-electron chi connectivity index (χ0n) is 18.2. The zero-order chi connectivity index (χ0) is 23.8. The summed E-state index contributed by atoms with van der Waals surface area (Å²) < 4.78 is 24.9. The smallest absolute Gasteiger partial charge is 0.246 e. The highest BCUT2D eigenvalue weighted by atomic mass is 19.1. The number of fused-ring (bicyclic) bond motifs is 1. The predicted molar refractivity (Wildman–Crippen MR) is 125 cm³/mol. The number of anilines is 2. The molecule has 2 N–H and O–H groups in total. The third kappa shape index (κ3) is 5.82. The number of nitrogens with one attached hydrogen (secondary N) is 2. The fraction of sp³-hybridized carbons (Fsp3) is 0.120. The van der Waals surface area contributed by atoms with Gasteiger partial charge in [0.05, 0.1) is 18.3 Å². The number of hydrogen-bond acceptors (Lipinski definition) is 7. The number of benzene rings is 2. The van der Waals surface area contributed by atoms with Crippen molar-refractivity contribution in [1.82, 2.24) is 20.3 Å². The number of halogens is 1. The number of pyridine rings is 1. The minimum atomic E-state index is -0.533. The molecule has 1 amide bonds. The number of carbonyl (C=O) groups is 1. The van der Waals surface area contributed by atoms with Gasteiger partial charge in [-0.05, 0) is 42.5 Å². The van der Waals surface area contributed by atoms with E-state index in [-0.39, 0.29) is 24.8 Å². The summed E-state index contributed by atoms with van der Waals surface area (Å²) in [7, 11) is 1.45. The van der Waals surface area contributed by atoms with Crippen LogP contribution >= 0.6 is 0 Å². The lowest BCUT2D eigenvalue weighted by Crippen LogP contribution is -2.27. The Kier molecular flexibility index (Phi) is 7.22. The first-order chi connectivity index (χ1) is 16.6. The Morgan fingerprint density at radius 2 is 2.06 bits per heavy atom. The SMILES string of the molecule is COCC(=O)NCC#Cc1ccc2ncnc(Nc3ccc(Oc4cccnc4)c(F)c3)c2c1. The maximum atomic E-state index is 14.6. The van der Waals surface area contributed by atoms with Crippen LogP contribution in [-0.4, -0.2) is 41.1 Å². The van der Waals surface area contributed by atoms with Crippen LogP contribution in [-0.2, 0) is 9.53 Å². The second kappa shape index (κ2) is 10.8. The Labute approximate surface area is 195 Å². The van der Waals surface area contributed by atoms with E-state index in [1.807, 2.05) is 18.2 Å². The van der Waals surface area contributed by atoms with E-state index in [1.54, 1.807) is 24.4 Å². The molecule has 34 heavy (non-hydrogen) atoms. The Bertz CT molecular complexity index is 1370. The molecule has 4 rings (SSSR count). The molecule has 0 aliphatic rings. The van der Waals surface area contributed by atoms with E-state index in [0.717, 1.165) is 5.56 Å². The van der Waals surface area contributed by atoms with Crippen LogP contribution in [0.4, 0.5) is 15.9 Å². The molecule has 0 spiro atoms. The Morgan fingerprint density at radius 1 is 1.15 bits per heavy atom. The minimum absolute atomic E-state index is 0.0127. The van der Waals surface area contributed by atoms with E-state index in [0.29, 0.717) is 28.2 Å². The Balaban J connectivity index is 1.51. The van der Waals surface area contributed by atoms with Crippen LogP contribution < -0.4 is 15.4 Å². The minimum Gasteiger partial charge on any atom is -0.453 e. The lowest BCUT2D eigenvalue weighted by atomic mass is 10.1. The first-order valence-electron chi connectivity index (χ1n) is 10.3. The highest BCUT2D eigenvalue weighted by Crippen LogP contribution is 2.29. The van der Waals surface area contributed by atoms with E-state index >= 15 is 0 Å². The molecule has 0 unspecified atom stereocenters. The number of ether oxygens (including phenoxy) is 2. The number of nitrogens with zero attached hydrogens (tertiary/aromatic N) is 3. The van der Waals surface area contributed by atoms with Crippen molar-refractivity contribution in [3.05, 3.63) is 78.6 Å². The summed E-state index contributed by atoms with van der Waals surface area (Å²) >= 11 is 0. The molecule has 0 radical (unpaired) electrons. The second-order valence-electron chi connectivity index (χ2n) is 7.03. The first kappa shape index (κ1) is 22.6.